The van der Waals surface area contributed by atoms with E-state index in [1.807, 2.05) is 0 Å². The summed E-state index contributed by atoms with van der Waals surface area (Å²) < 4.78 is 2.97. The van der Waals surface area contributed by atoms with Crippen LogP contribution in [0.25, 0.3) is 0 Å². The fourth-order valence-electron chi connectivity index (χ4n) is 2.77. The molecule has 0 spiro atoms. The SMILES string of the molecule is CC(C)(C)n1c(C2CCCCCC2)n[nH]c1=S. The van der Waals surface area contributed by atoms with Crippen LogP contribution in [-0.2, 0) is 5.54 Å². The smallest absolute Gasteiger partial charge is 0.195 e. The number of nitrogens with one attached hydrogen (secondary N) is 1. The van der Waals surface area contributed by atoms with Gasteiger partial charge in [0.1, 0.15) is 5.82 Å². The second kappa shape index (κ2) is 4.92. The van der Waals surface area contributed by atoms with Gasteiger partial charge in [-0.3, -0.25) is 9.67 Å². The maximum absolute atomic E-state index is 5.37. The Balaban J connectivity index is 2.34. The molecule has 1 aliphatic rings. The normalized spacial score (nSPS) is 19.2. The minimum Gasteiger partial charge on any atom is -0.299 e. The summed E-state index contributed by atoms with van der Waals surface area (Å²) in [7, 11) is 0. The van der Waals surface area contributed by atoms with Crippen LogP contribution < -0.4 is 0 Å². The minimum atomic E-state index is 0.0196. The van der Waals surface area contributed by atoms with Crippen molar-refractivity contribution in [2.24, 2.45) is 0 Å². The maximum atomic E-state index is 5.37. The zero-order chi connectivity index (χ0) is 12.5. The molecule has 0 atom stereocenters. The highest BCUT2D eigenvalue weighted by Gasteiger charge is 2.25. The zero-order valence-electron chi connectivity index (χ0n) is 11.1. The predicted octanol–water partition coefficient (Wildman–Crippen LogP) is 4.13. The fraction of sp³-hybridized carbons (Fsp3) is 0.846. The number of rotatable bonds is 1. The second-order valence-corrected chi connectivity index (χ2v) is 6.47. The number of aromatic nitrogens is 3. The van der Waals surface area contributed by atoms with E-state index in [2.05, 4.69) is 35.5 Å². The highest BCUT2D eigenvalue weighted by molar-refractivity contribution is 7.71. The lowest BCUT2D eigenvalue weighted by molar-refractivity contribution is 0.361. The summed E-state index contributed by atoms with van der Waals surface area (Å²) >= 11 is 5.37. The minimum absolute atomic E-state index is 0.0196. The molecule has 3 nitrogen and oxygen atoms in total. The van der Waals surface area contributed by atoms with Gasteiger partial charge in [0.25, 0.3) is 0 Å². The van der Waals surface area contributed by atoms with Crippen molar-refractivity contribution >= 4 is 12.2 Å². The van der Waals surface area contributed by atoms with Gasteiger partial charge in [-0.25, -0.2) is 0 Å². The standard InChI is InChI=1S/C13H23N3S/c1-13(2,3)16-11(14-15-12(16)17)10-8-6-4-5-7-9-10/h10H,4-9H2,1-3H3,(H,15,17). The molecule has 1 fully saturated rings. The summed E-state index contributed by atoms with van der Waals surface area (Å²) in [6.45, 7) is 6.58. The first-order chi connectivity index (χ1) is 8.00. The molecule has 0 unspecified atom stereocenters. The Kier molecular flexibility index (Phi) is 3.71. The summed E-state index contributed by atoms with van der Waals surface area (Å²) in [4.78, 5) is 0. The van der Waals surface area contributed by atoms with Gasteiger partial charge in [-0.05, 0) is 45.8 Å². The van der Waals surface area contributed by atoms with E-state index in [9.17, 15) is 0 Å². The molecule has 2 rings (SSSR count). The molecule has 1 aromatic rings. The quantitative estimate of drug-likeness (QED) is 0.603. The average Bonchev–Trinajstić information content (AvgIpc) is 2.50. The van der Waals surface area contributed by atoms with Crippen LogP contribution >= 0.6 is 12.2 Å². The van der Waals surface area contributed by atoms with Crippen molar-refractivity contribution in [3.05, 3.63) is 10.6 Å². The first kappa shape index (κ1) is 12.8. The van der Waals surface area contributed by atoms with Crippen LogP contribution in [0.5, 0.6) is 0 Å². The average molecular weight is 253 g/mol. The molecule has 1 saturated carbocycles. The first-order valence-electron chi connectivity index (χ1n) is 6.68. The molecule has 0 bridgehead atoms. The van der Waals surface area contributed by atoms with E-state index in [0.717, 1.165) is 4.77 Å². The molecule has 17 heavy (non-hydrogen) atoms. The van der Waals surface area contributed by atoms with E-state index in [1.54, 1.807) is 0 Å². The van der Waals surface area contributed by atoms with Crippen molar-refractivity contribution in [2.45, 2.75) is 70.8 Å². The van der Waals surface area contributed by atoms with Crippen molar-refractivity contribution in [2.75, 3.05) is 0 Å². The Morgan fingerprint density at radius 2 is 1.76 bits per heavy atom. The van der Waals surface area contributed by atoms with Crippen LogP contribution in [0.4, 0.5) is 0 Å². The summed E-state index contributed by atoms with van der Waals surface area (Å²) in [5.41, 5.74) is 0.0196. The molecular formula is C13H23N3S. The molecule has 96 valence electrons. The molecule has 1 aromatic heterocycles. The third-order valence-electron chi connectivity index (χ3n) is 3.59. The highest BCUT2D eigenvalue weighted by Crippen LogP contribution is 2.32. The van der Waals surface area contributed by atoms with E-state index in [4.69, 9.17) is 12.2 Å². The van der Waals surface area contributed by atoms with Crippen LogP contribution in [0.15, 0.2) is 0 Å². The molecule has 0 aromatic carbocycles. The first-order valence-corrected chi connectivity index (χ1v) is 7.09. The largest absolute Gasteiger partial charge is 0.299 e. The Morgan fingerprint density at radius 1 is 1.18 bits per heavy atom. The molecule has 0 radical (unpaired) electrons. The van der Waals surface area contributed by atoms with Gasteiger partial charge in [0.05, 0.1) is 0 Å². The van der Waals surface area contributed by atoms with E-state index < -0.39 is 0 Å². The van der Waals surface area contributed by atoms with Gasteiger partial charge in [0.15, 0.2) is 4.77 Å². The van der Waals surface area contributed by atoms with Crippen LogP contribution in [0.3, 0.4) is 0 Å². The van der Waals surface area contributed by atoms with E-state index in [0.29, 0.717) is 5.92 Å². The molecule has 0 aliphatic heterocycles. The third-order valence-corrected chi connectivity index (χ3v) is 3.86. The maximum Gasteiger partial charge on any atom is 0.195 e. The number of hydrogen-bond acceptors (Lipinski definition) is 2. The van der Waals surface area contributed by atoms with Crippen molar-refractivity contribution in [1.82, 2.24) is 14.8 Å². The van der Waals surface area contributed by atoms with Crippen molar-refractivity contribution in [3.63, 3.8) is 0 Å². The summed E-state index contributed by atoms with van der Waals surface area (Å²) in [5.74, 6) is 1.76. The molecule has 1 aliphatic carbocycles. The molecule has 1 N–H and O–H groups in total. The molecule has 0 saturated heterocycles. The lowest BCUT2D eigenvalue weighted by atomic mass is 9.98. The zero-order valence-corrected chi connectivity index (χ0v) is 11.9. The van der Waals surface area contributed by atoms with Gasteiger partial charge in [0.2, 0.25) is 0 Å². The third kappa shape index (κ3) is 2.79. The number of hydrogen-bond donors (Lipinski definition) is 1. The van der Waals surface area contributed by atoms with Crippen molar-refractivity contribution in [3.8, 4) is 0 Å². The van der Waals surface area contributed by atoms with Crippen LogP contribution in [0, 0.1) is 4.77 Å². The van der Waals surface area contributed by atoms with Gasteiger partial charge in [-0.1, -0.05) is 25.7 Å². The van der Waals surface area contributed by atoms with E-state index in [1.165, 1.54) is 44.3 Å². The second-order valence-electron chi connectivity index (χ2n) is 6.08. The van der Waals surface area contributed by atoms with Crippen LogP contribution in [0.1, 0.15) is 71.0 Å². The predicted molar refractivity (Wildman–Crippen MR) is 72.9 cm³/mol. The Labute approximate surface area is 109 Å². The Hall–Kier alpha value is -0.640. The van der Waals surface area contributed by atoms with Crippen molar-refractivity contribution in [1.29, 1.82) is 0 Å². The monoisotopic (exact) mass is 253 g/mol. The summed E-state index contributed by atoms with van der Waals surface area (Å²) in [6.07, 6.45) is 7.92. The lowest BCUT2D eigenvalue weighted by Gasteiger charge is -2.25. The highest BCUT2D eigenvalue weighted by atomic mass is 32.1. The van der Waals surface area contributed by atoms with Gasteiger partial charge in [-0.2, -0.15) is 5.10 Å². The molecular weight excluding hydrogens is 230 g/mol. The fourth-order valence-corrected chi connectivity index (χ4v) is 3.18. The topological polar surface area (TPSA) is 33.6 Å². The van der Waals surface area contributed by atoms with Crippen LogP contribution in [-0.4, -0.2) is 14.8 Å². The van der Waals surface area contributed by atoms with Crippen LogP contribution in [0.2, 0.25) is 0 Å². The Bertz CT molecular complexity index is 417. The number of nitrogens with zero attached hydrogens (tertiary/aromatic N) is 2. The van der Waals surface area contributed by atoms with E-state index >= 15 is 0 Å². The summed E-state index contributed by atoms with van der Waals surface area (Å²) in [6, 6.07) is 0. The molecule has 0 amide bonds. The van der Waals surface area contributed by atoms with E-state index in [-0.39, 0.29) is 5.54 Å². The van der Waals surface area contributed by atoms with Gasteiger partial charge in [-0.15, -0.1) is 0 Å². The van der Waals surface area contributed by atoms with Gasteiger partial charge < -0.3 is 0 Å². The molecule has 1 heterocycles. The number of aromatic amines is 1. The molecule has 4 heteroatoms. The van der Waals surface area contributed by atoms with Gasteiger partial charge in [0, 0.05) is 11.5 Å². The van der Waals surface area contributed by atoms with Crippen molar-refractivity contribution < 1.29 is 0 Å². The van der Waals surface area contributed by atoms with Gasteiger partial charge >= 0.3 is 0 Å². The summed E-state index contributed by atoms with van der Waals surface area (Å²) in [5, 5.41) is 7.47. The lowest BCUT2D eigenvalue weighted by Crippen LogP contribution is -2.25. The number of H-pyrrole nitrogens is 1. The Morgan fingerprint density at radius 3 is 2.29 bits per heavy atom.